The molecule has 0 saturated carbocycles. The Kier molecular flexibility index (Phi) is 4.53. The zero-order valence-electron chi connectivity index (χ0n) is 12.8. The lowest BCUT2D eigenvalue weighted by Gasteiger charge is -2.19. The fourth-order valence-corrected chi connectivity index (χ4v) is 2.73. The molecule has 5 nitrogen and oxygen atoms in total. The summed E-state index contributed by atoms with van der Waals surface area (Å²) in [6.07, 6.45) is 4.01. The second-order valence-corrected chi connectivity index (χ2v) is 5.56. The van der Waals surface area contributed by atoms with E-state index in [1.807, 2.05) is 18.2 Å². The molecule has 1 amide bonds. The second kappa shape index (κ2) is 6.93. The van der Waals surface area contributed by atoms with Crippen molar-refractivity contribution in [2.45, 2.75) is 19.4 Å². The van der Waals surface area contributed by atoms with Crippen molar-refractivity contribution < 1.29 is 4.79 Å². The number of hydrogen-bond donors (Lipinski definition) is 1. The smallest absolute Gasteiger partial charge is 0.255 e. The predicted molar refractivity (Wildman–Crippen MR) is 88.0 cm³/mol. The minimum absolute atomic E-state index is 0.121. The first kappa shape index (κ1) is 15.0. The van der Waals surface area contributed by atoms with Crippen LogP contribution in [0.4, 0.5) is 5.82 Å². The molecule has 116 valence electrons. The van der Waals surface area contributed by atoms with Crippen molar-refractivity contribution in [1.82, 2.24) is 10.3 Å². The number of hydrogen-bond acceptors (Lipinski definition) is 4. The molecular weight excluding hydrogens is 288 g/mol. The van der Waals surface area contributed by atoms with Crippen molar-refractivity contribution in [2.75, 3.05) is 18.0 Å². The van der Waals surface area contributed by atoms with E-state index < -0.39 is 0 Å². The van der Waals surface area contributed by atoms with Gasteiger partial charge < -0.3 is 10.2 Å². The van der Waals surface area contributed by atoms with Gasteiger partial charge in [-0.3, -0.25) is 4.79 Å². The lowest BCUT2D eigenvalue weighted by atomic mass is 10.1. The highest BCUT2D eigenvalue weighted by atomic mass is 16.1. The molecule has 2 aromatic rings. The van der Waals surface area contributed by atoms with Crippen LogP contribution < -0.4 is 10.2 Å². The molecule has 0 unspecified atom stereocenters. The van der Waals surface area contributed by atoms with E-state index in [0.717, 1.165) is 37.3 Å². The summed E-state index contributed by atoms with van der Waals surface area (Å²) in [5.41, 5.74) is 2.19. The van der Waals surface area contributed by atoms with Crippen LogP contribution in [0.25, 0.3) is 0 Å². The summed E-state index contributed by atoms with van der Waals surface area (Å²) >= 11 is 0. The molecule has 2 heterocycles. The molecule has 1 N–H and O–H groups in total. The molecule has 0 radical (unpaired) electrons. The maximum absolute atomic E-state index is 12.5. The predicted octanol–water partition coefficient (Wildman–Crippen LogP) is 2.48. The number of carbonyl (C=O) groups is 1. The number of aromatic nitrogens is 1. The van der Waals surface area contributed by atoms with E-state index in [1.165, 1.54) is 0 Å². The van der Waals surface area contributed by atoms with Crippen LogP contribution in [0.3, 0.4) is 0 Å². The normalized spacial score (nSPS) is 13.6. The van der Waals surface area contributed by atoms with E-state index in [9.17, 15) is 4.79 Å². The van der Waals surface area contributed by atoms with Crippen LogP contribution in [-0.4, -0.2) is 24.0 Å². The zero-order valence-corrected chi connectivity index (χ0v) is 12.8. The first-order valence-corrected chi connectivity index (χ1v) is 7.75. The largest absolute Gasteiger partial charge is 0.356 e. The minimum Gasteiger partial charge on any atom is -0.356 e. The molecule has 5 heteroatoms. The number of carbonyl (C=O) groups excluding carboxylic acids is 1. The summed E-state index contributed by atoms with van der Waals surface area (Å²) in [7, 11) is 0. The van der Waals surface area contributed by atoms with E-state index >= 15 is 0 Å². The van der Waals surface area contributed by atoms with Crippen molar-refractivity contribution in [2.24, 2.45) is 0 Å². The third kappa shape index (κ3) is 3.49. The Balaban J connectivity index is 1.69. The van der Waals surface area contributed by atoms with Gasteiger partial charge in [-0.05, 0) is 42.7 Å². The van der Waals surface area contributed by atoms with Crippen molar-refractivity contribution in [1.29, 1.82) is 5.26 Å². The fourth-order valence-electron chi connectivity index (χ4n) is 2.73. The van der Waals surface area contributed by atoms with Crippen LogP contribution >= 0.6 is 0 Å². The van der Waals surface area contributed by atoms with Gasteiger partial charge in [-0.25, -0.2) is 4.98 Å². The fraction of sp³-hybridized carbons (Fsp3) is 0.278. The van der Waals surface area contributed by atoms with E-state index in [1.54, 1.807) is 24.4 Å². The molecule has 1 aliphatic rings. The summed E-state index contributed by atoms with van der Waals surface area (Å²) < 4.78 is 0. The van der Waals surface area contributed by atoms with Crippen LogP contribution in [0.1, 0.15) is 34.3 Å². The Hall–Kier alpha value is -2.87. The Morgan fingerprint density at radius 2 is 1.96 bits per heavy atom. The number of amides is 1. The van der Waals surface area contributed by atoms with E-state index in [2.05, 4.69) is 21.3 Å². The third-order valence-electron chi connectivity index (χ3n) is 3.97. The van der Waals surface area contributed by atoms with E-state index in [4.69, 9.17) is 5.26 Å². The van der Waals surface area contributed by atoms with E-state index in [-0.39, 0.29) is 5.91 Å². The molecule has 1 saturated heterocycles. The van der Waals surface area contributed by atoms with Gasteiger partial charge in [-0.2, -0.15) is 5.26 Å². The van der Waals surface area contributed by atoms with Gasteiger partial charge in [0.15, 0.2) is 0 Å². The number of nitrogens with zero attached hydrogens (tertiary/aromatic N) is 3. The Labute approximate surface area is 135 Å². The molecule has 0 bridgehead atoms. The van der Waals surface area contributed by atoms with Gasteiger partial charge in [-0.15, -0.1) is 0 Å². The Bertz CT molecular complexity index is 727. The summed E-state index contributed by atoms with van der Waals surface area (Å²) in [5.74, 6) is 0.645. The monoisotopic (exact) mass is 306 g/mol. The first-order chi connectivity index (χ1) is 11.3. The van der Waals surface area contributed by atoms with Gasteiger partial charge in [0.1, 0.15) is 5.82 Å². The molecule has 0 atom stereocenters. The highest BCUT2D eigenvalue weighted by Gasteiger charge is 2.20. The number of anilines is 1. The highest BCUT2D eigenvalue weighted by molar-refractivity contribution is 5.98. The minimum atomic E-state index is -0.121. The molecule has 3 rings (SSSR count). The highest BCUT2D eigenvalue weighted by Crippen LogP contribution is 2.21. The summed E-state index contributed by atoms with van der Waals surface area (Å²) in [4.78, 5) is 19.0. The topological polar surface area (TPSA) is 69.0 Å². The lowest BCUT2D eigenvalue weighted by molar-refractivity contribution is 0.0951. The van der Waals surface area contributed by atoms with Crippen LogP contribution in [0.2, 0.25) is 0 Å². The number of pyridine rings is 1. The molecular formula is C18H18N4O. The van der Waals surface area contributed by atoms with Gasteiger partial charge in [0.2, 0.25) is 0 Å². The molecule has 1 aliphatic heterocycles. The summed E-state index contributed by atoms with van der Waals surface area (Å²) in [6, 6.07) is 12.9. The van der Waals surface area contributed by atoms with Crippen molar-refractivity contribution in [3.05, 3.63) is 59.3 Å². The van der Waals surface area contributed by atoms with Crippen LogP contribution in [0, 0.1) is 11.3 Å². The standard InChI is InChI=1S/C18H18N4O/c19-12-14-5-7-15(8-6-14)13-21-18(23)16-4-3-9-20-17(16)22-10-1-2-11-22/h3-9H,1-2,10-11,13H2,(H,21,23). The average molecular weight is 306 g/mol. The van der Waals surface area contributed by atoms with Crippen molar-refractivity contribution in [3.63, 3.8) is 0 Å². The summed E-state index contributed by atoms with van der Waals surface area (Å²) in [6.45, 7) is 2.33. The van der Waals surface area contributed by atoms with Gasteiger partial charge in [-0.1, -0.05) is 12.1 Å². The Morgan fingerprint density at radius 1 is 1.22 bits per heavy atom. The lowest BCUT2D eigenvalue weighted by Crippen LogP contribution is -2.27. The zero-order chi connectivity index (χ0) is 16.1. The quantitative estimate of drug-likeness (QED) is 0.942. The van der Waals surface area contributed by atoms with Gasteiger partial charge in [0, 0.05) is 25.8 Å². The molecule has 1 fully saturated rings. The van der Waals surface area contributed by atoms with Crippen molar-refractivity contribution >= 4 is 11.7 Å². The second-order valence-electron chi connectivity index (χ2n) is 5.56. The Morgan fingerprint density at radius 3 is 2.65 bits per heavy atom. The maximum atomic E-state index is 12.5. The van der Waals surface area contributed by atoms with Gasteiger partial charge >= 0.3 is 0 Å². The average Bonchev–Trinajstić information content (AvgIpc) is 3.14. The number of benzene rings is 1. The van der Waals surface area contributed by atoms with E-state index in [0.29, 0.717) is 17.7 Å². The van der Waals surface area contributed by atoms with Gasteiger partial charge in [0.05, 0.1) is 17.2 Å². The first-order valence-electron chi connectivity index (χ1n) is 7.75. The number of nitriles is 1. The van der Waals surface area contributed by atoms with Gasteiger partial charge in [0.25, 0.3) is 5.91 Å². The third-order valence-corrected chi connectivity index (χ3v) is 3.97. The van der Waals surface area contributed by atoms with Crippen LogP contribution in [0.5, 0.6) is 0 Å². The molecule has 1 aromatic heterocycles. The maximum Gasteiger partial charge on any atom is 0.255 e. The van der Waals surface area contributed by atoms with Crippen molar-refractivity contribution in [3.8, 4) is 6.07 Å². The SMILES string of the molecule is N#Cc1ccc(CNC(=O)c2cccnc2N2CCCC2)cc1. The molecule has 1 aromatic carbocycles. The summed E-state index contributed by atoms with van der Waals surface area (Å²) in [5, 5.41) is 11.7. The van der Waals surface area contributed by atoms with Crippen LogP contribution in [0.15, 0.2) is 42.6 Å². The number of rotatable bonds is 4. The van der Waals surface area contributed by atoms with Crippen LogP contribution in [-0.2, 0) is 6.54 Å². The number of nitrogens with one attached hydrogen (secondary N) is 1. The molecule has 0 aliphatic carbocycles. The molecule has 23 heavy (non-hydrogen) atoms. The molecule has 0 spiro atoms.